The minimum Gasteiger partial charge on any atom is -0.469 e. The zero-order valence-corrected chi connectivity index (χ0v) is 9.77. The van der Waals surface area contributed by atoms with Crippen LogP contribution in [0.1, 0.15) is 6.42 Å². The summed E-state index contributed by atoms with van der Waals surface area (Å²) in [6.07, 6.45) is 0.880. The highest BCUT2D eigenvalue weighted by Gasteiger charge is 2.68. The second-order valence-corrected chi connectivity index (χ2v) is 5.54. The molecule has 15 heavy (non-hydrogen) atoms. The van der Waals surface area contributed by atoms with E-state index < -0.39 is 0 Å². The Labute approximate surface area is 95.4 Å². The zero-order chi connectivity index (χ0) is 10.7. The first-order valence-corrected chi connectivity index (χ1v) is 5.99. The Bertz CT molecular complexity index is 342. The van der Waals surface area contributed by atoms with E-state index in [0.29, 0.717) is 0 Å². The molecule has 0 aromatic carbocycles. The molecule has 5 heteroatoms. The number of hydrogen-bond donors (Lipinski definition) is 0. The summed E-state index contributed by atoms with van der Waals surface area (Å²) in [7, 11) is 1.37. The molecule has 82 valence electrons. The maximum Gasteiger partial charge on any atom is 0.310 e. The SMILES string of the molecule is COC(=O)[C@@H]1[C@H]2C[C@H]3[C@H](OC(=O)[C@@H]31)[C@@H]2Br. The predicted molar refractivity (Wildman–Crippen MR) is 53.2 cm³/mol. The van der Waals surface area contributed by atoms with Gasteiger partial charge in [-0.25, -0.2) is 0 Å². The van der Waals surface area contributed by atoms with Crippen molar-refractivity contribution in [3.8, 4) is 0 Å². The fourth-order valence-electron chi connectivity index (χ4n) is 3.43. The molecule has 3 aliphatic rings. The largest absolute Gasteiger partial charge is 0.469 e. The molecule has 1 saturated heterocycles. The third kappa shape index (κ3) is 1.02. The summed E-state index contributed by atoms with van der Waals surface area (Å²) in [6.45, 7) is 0. The normalized spacial score (nSPS) is 50.7. The number of carbonyl (C=O) groups is 2. The summed E-state index contributed by atoms with van der Waals surface area (Å²) in [5.41, 5.74) is 0. The molecule has 1 heterocycles. The van der Waals surface area contributed by atoms with Gasteiger partial charge in [0.25, 0.3) is 0 Å². The smallest absolute Gasteiger partial charge is 0.310 e. The first kappa shape index (κ1) is 9.63. The van der Waals surface area contributed by atoms with Crippen molar-refractivity contribution in [3.05, 3.63) is 0 Å². The van der Waals surface area contributed by atoms with Gasteiger partial charge >= 0.3 is 11.9 Å². The maximum atomic E-state index is 11.6. The minimum atomic E-state index is -0.296. The van der Waals surface area contributed by atoms with Crippen LogP contribution in [0.3, 0.4) is 0 Å². The standard InChI is InChI=1S/C10H11BrO4/c1-14-9(12)5-3-2-4-6(5)10(13)15-8(4)7(3)11/h3-8H,2H2,1H3/t3-,4-,5-,6+,7-,8+/m1/s1. The summed E-state index contributed by atoms with van der Waals surface area (Å²) in [4.78, 5) is 23.4. The summed E-state index contributed by atoms with van der Waals surface area (Å²) < 4.78 is 10.0. The van der Waals surface area contributed by atoms with Crippen LogP contribution in [-0.2, 0) is 19.1 Å². The molecule has 0 amide bonds. The number of esters is 2. The van der Waals surface area contributed by atoms with Crippen LogP contribution in [0.25, 0.3) is 0 Å². The van der Waals surface area contributed by atoms with E-state index in [2.05, 4.69) is 15.9 Å². The van der Waals surface area contributed by atoms with Crippen LogP contribution in [0.4, 0.5) is 0 Å². The molecule has 1 aliphatic heterocycles. The predicted octanol–water partition coefficient (Wildman–Crippen LogP) is 0.730. The number of methoxy groups -OCH3 is 1. The number of rotatable bonds is 1. The summed E-state index contributed by atoms with van der Waals surface area (Å²) >= 11 is 3.53. The van der Waals surface area contributed by atoms with E-state index in [-0.39, 0.29) is 46.5 Å². The van der Waals surface area contributed by atoms with Crippen molar-refractivity contribution in [3.63, 3.8) is 0 Å². The molecule has 2 saturated carbocycles. The van der Waals surface area contributed by atoms with Crippen molar-refractivity contribution in [2.24, 2.45) is 23.7 Å². The van der Waals surface area contributed by atoms with Crippen LogP contribution in [0, 0.1) is 23.7 Å². The van der Waals surface area contributed by atoms with Crippen LogP contribution < -0.4 is 0 Å². The van der Waals surface area contributed by atoms with E-state index in [1.54, 1.807) is 0 Å². The quantitative estimate of drug-likeness (QED) is 0.523. The Morgan fingerprint density at radius 2 is 2.27 bits per heavy atom. The summed E-state index contributed by atoms with van der Waals surface area (Å²) in [6, 6.07) is 0. The van der Waals surface area contributed by atoms with E-state index in [1.165, 1.54) is 7.11 Å². The van der Waals surface area contributed by atoms with Gasteiger partial charge in [0.05, 0.1) is 23.8 Å². The Balaban J connectivity index is 1.98. The highest BCUT2D eigenvalue weighted by molar-refractivity contribution is 9.09. The van der Waals surface area contributed by atoms with E-state index in [9.17, 15) is 9.59 Å². The Kier molecular flexibility index (Phi) is 1.90. The lowest BCUT2D eigenvalue weighted by atomic mass is 9.80. The van der Waals surface area contributed by atoms with E-state index in [0.717, 1.165) is 6.42 Å². The minimum absolute atomic E-state index is 0.0200. The zero-order valence-electron chi connectivity index (χ0n) is 8.18. The van der Waals surface area contributed by atoms with Gasteiger partial charge in [0.15, 0.2) is 0 Å². The molecular weight excluding hydrogens is 264 g/mol. The molecule has 3 fully saturated rings. The lowest BCUT2D eigenvalue weighted by Crippen LogP contribution is -2.38. The molecule has 3 rings (SSSR count). The lowest BCUT2D eigenvalue weighted by molar-refractivity contribution is -0.153. The molecule has 0 unspecified atom stereocenters. The van der Waals surface area contributed by atoms with Crippen molar-refractivity contribution in [2.45, 2.75) is 17.4 Å². The van der Waals surface area contributed by atoms with Gasteiger partial charge in [-0.3, -0.25) is 9.59 Å². The van der Waals surface area contributed by atoms with Crippen LogP contribution in [-0.4, -0.2) is 30.0 Å². The van der Waals surface area contributed by atoms with Crippen molar-refractivity contribution < 1.29 is 19.1 Å². The molecule has 2 bridgehead atoms. The highest BCUT2D eigenvalue weighted by Crippen LogP contribution is 2.60. The van der Waals surface area contributed by atoms with Gasteiger partial charge in [0, 0.05) is 5.92 Å². The van der Waals surface area contributed by atoms with Crippen molar-refractivity contribution in [1.29, 1.82) is 0 Å². The van der Waals surface area contributed by atoms with Gasteiger partial charge in [-0.2, -0.15) is 0 Å². The number of halogens is 1. The average molecular weight is 275 g/mol. The molecular formula is C10H11BrO4. The fourth-order valence-corrected chi connectivity index (χ4v) is 4.48. The highest BCUT2D eigenvalue weighted by atomic mass is 79.9. The Morgan fingerprint density at radius 3 is 2.93 bits per heavy atom. The average Bonchev–Trinajstić information content (AvgIpc) is 2.80. The first-order chi connectivity index (χ1) is 7.15. The van der Waals surface area contributed by atoms with Crippen LogP contribution >= 0.6 is 15.9 Å². The molecule has 0 spiro atoms. The van der Waals surface area contributed by atoms with Gasteiger partial charge in [-0.15, -0.1) is 0 Å². The second kappa shape index (κ2) is 2.97. The monoisotopic (exact) mass is 274 g/mol. The van der Waals surface area contributed by atoms with Gasteiger partial charge < -0.3 is 9.47 Å². The van der Waals surface area contributed by atoms with Crippen molar-refractivity contribution in [1.82, 2.24) is 0 Å². The molecule has 0 radical (unpaired) electrons. The van der Waals surface area contributed by atoms with Crippen LogP contribution in [0.2, 0.25) is 0 Å². The van der Waals surface area contributed by atoms with Gasteiger partial charge in [0.2, 0.25) is 0 Å². The Hall–Kier alpha value is -0.580. The number of alkyl halides is 1. The molecule has 2 aliphatic carbocycles. The summed E-state index contributed by atoms with van der Waals surface area (Å²) in [5.74, 6) is -0.615. The first-order valence-electron chi connectivity index (χ1n) is 5.07. The number of hydrogen-bond acceptors (Lipinski definition) is 4. The van der Waals surface area contributed by atoms with Gasteiger partial charge in [-0.05, 0) is 12.3 Å². The molecule has 6 atom stereocenters. The van der Waals surface area contributed by atoms with Crippen molar-refractivity contribution >= 4 is 27.9 Å². The number of carbonyl (C=O) groups excluding carboxylic acids is 2. The van der Waals surface area contributed by atoms with E-state index in [4.69, 9.17) is 9.47 Å². The van der Waals surface area contributed by atoms with E-state index >= 15 is 0 Å². The van der Waals surface area contributed by atoms with Crippen LogP contribution in [0.15, 0.2) is 0 Å². The van der Waals surface area contributed by atoms with Crippen LogP contribution in [0.5, 0.6) is 0 Å². The van der Waals surface area contributed by atoms with Gasteiger partial charge in [-0.1, -0.05) is 15.9 Å². The topological polar surface area (TPSA) is 52.6 Å². The maximum absolute atomic E-state index is 11.6. The molecule has 4 nitrogen and oxygen atoms in total. The molecule has 0 N–H and O–H groups in total. The third-order valence-electron chi connectivity index (χ3n) is 4.00. The number of ether oxygens (including phenoxy) is 2. The third-order valence-corrected chi connectivity index (χ3v) is 5.20. The summed E-state index contributed by atoms with van der Waals surface area (Å²) in [5, 5.41) is 0. The van der Waals surface area contributed by atoms with Crippen molar-refractivity contribution in [2.75, 3.05) is 7.11 Å². The lowest BCUT2D eigenvalue weighted by Gasteiger charge is -2.26. The fraction of sp³-hybridized carbons (Fsp3) is 0.800. The molecule has 0 aromatic heterocycles. The Morgan fingerprint density at radius 1 is 1.53 bits per heavy atom. The second-order valence-electron chi connectivity index (χ2n) is 4.48. The van der Waals surface area contributed by atoms with E-state index in [1.807, 2.05) is 0 Å². The number of fused-ring (bicyclic) bond motifs is 1. The molecule has 0 aromatic rings. The van der Waals surface area contributed by atoms with Gasteiger partial charge in [0.1, 0.15) is 6.10 Å².